The molecule has 1 amide bonds. The van der Waals surface area contributed by atoms with Gasteiger partial charge in [-0.2, -0.15) is 0 Å². The number of nitrogens with zero attached hydrogens (tertiary/aromatic N) is 1. The summed E-state index contributed by atoms with van der Waals surface area (Å²) in [6, 6.07) is 0.194. The summed E-state index contributed by atoms with van der Waals surface area (Å²) in [5, 5.41) is 8.65. The topological polar surface area (TPSA) is 40.5 Å². The molecule has 0 radical (unpaired) electrons. The molecule has 0 aliphatic heterocycles. The van der Waals surface area contributed by atoms with E-state index < -0.39 is 0 Å². The molecule has 0 heterocycles. The fraction of sp³-hybridized carbons (Fsp3) is 0.700. The van der Waals surface area contributed by atoms with Gasteiger partial charge in [-0.25, -0.2) is 0 Å². The highest BCUT2D eigenvalue weighted by molar-refractivity contribution is 5.77. The predicted octanol–water partition coefficient (Wildman–Crippen LogP) is 1.18. The minimum Gasteiger partial charge on any atom is -0.396 e. The van der Waals surface area contributed by atoms with Crippen LogP contribution >= 0.6 is 0 Å². The van der Waals surface area contributed by atoms with E-state index in [0.29, 0.717) is 19.4 Å². The van der Waals surface area contributed by atoms with Crippen LogP contribution in [0, 0.1) is 0 Å². The van der Waals surface area contributed by atoms with Gasteiger partial charge >= 0.3 is 0 Å². The van der Waals surface area contributed by atoms with Crippen LogP contribution < -0.4 is 0 Å². The zero-order valence-electron chi connectivity index (χ0n) is 8.49. The Morgan fingerprint density at radius 3 is 2.62 bits per heavy atom. The van der Waals surface area contributed by atoms with Crippen molar-refractivity contribution in [2.45, 2.75) is 32.7 Å². The van der Waals surface area contributed by atoms with Gasteiger partial charge in [-0.15, -0.1) is 6.58 Å². The Balaban J connectivity index is 4.06. The van der Waals surface area contributed by atoms with Gasteiger partial charge in [-0.05, 0) is 20.3 Å². The smallest absolute Gasteiger partial charge is 0.226 e. The Kier molecular flexibility index (Phi) is 6.24. The molecule has 3 nitrogen and oxygen atoms in total. The number of carbonyl (C=O) groups excluding carboxylic acids is 1. The third kappa shape index (κ3) is 4.68. The number of hydrogen-bond acceptors (Lipinski definition) is 2. The zero-order chi connectivity index (χ0) is 10.3. The summed E-state index contributed by atoms with van der Waals surface area (Å²) in [5.74, 6) is 0.0819. The lowest BCUT2D eigenvalue weighted by atomic mass is 10.2. The van der Waals surface area contributed by atoms with Gasteiger partial charge in [0.15, 0.2) is 0 Å². The van der Waals surface area contributed by atoms with E-state index in [1.54, 1.807) is 11.0 Å². The second kappa shape index (κ2) is 6.66. The highest BCUT2D eigenvalue weighted by Gasteiger charge is 2.14. The Bertz CT molecular complexity index is 166. The van der Waals surface area contributed by atoms with Crippen molar-refractivity contribution in [3.63, 3.8) is 0 Å². The van der Waals surface area contributed by atoms with Crippen LogP contribution in [0.2, 0.25) is 0 Å². The van der Waals surface area contributed by atoms with E-state index in [1.165, 1.54) is 0 Å². The molecule has 0 fully saturated rings. The standard InChI is InChI=1S/C10H19NO2/c1-4-6-10(13)11(9(2)3)7-5-8-12/h4,9,12H,1,5-8H2,2-3H3. The number of rotatable bonds is 6. The molecule has 0 saturated heterocycles. The molecule has 0 spiro atoms. The lowest BCUT2D eigenvalue weighted by molar-refractivity contribution is -0.132. The zero-order valence-corrected chi connectivity index (χ0v) is 8.49. The molecular weight excluding hydrogens is 166 g/mol. The van der Waals surface area contributed by atoms with Gasteiger partial charge in [-0.3, -0.25) is 4.79 Å². The van der Waals surface area contributed by atoms with Crippen LogP contribution in [0.1, 0.15) is 26.7 Å². The SMILES string of the molecule is C=CCC(=O)N(CCCO)C(C)C. The van der Waals surface area contributed by atoms with Crippen molar-refractivity contribution in [2.75, 3.05) is 13.2 Å². The molecule has 0 rings (SSSR count). The summed E-state index contributed by atoms with van der Waals surface area (Å²) in [7, 11) is 0. The van der Waals surface area contributed by atoms with Gasteiger partial charge in [0.1, 0.15) is 0 Å². The molecule has 13 heavy (non-hydrogen) atoms. The van der Waals surface area contributed by atoms with Crippen LogP contribution in [0.15, 0.2) is 12.7 Å². The van der Waals surface area contributed by atoms with Gasteiger partial charge in [-0.1, -0.05) is 6.08 Å². The molecule has 0 aromatic carbocycles. The number of aliphatic hydroxyl groups excluding tert-OH is 1. The van der Waals surface area contributed by atoms with E-state index >= 15 is 0 Å². The Labute approximate surface area is 80.0 Å². The van der Waals surface area contributed by atoms with E-state index in [0.717, 1.165) is 0 Å². The molecule has 0 aromatic rings. The third-order valence-electron chi connectivity index (χ3n) is 1.82. The first-order valence-electron chi connectivity index (χ1n) is 4.64. The molecule has 3 heteroatoms. The fourth-order valence-electron chi connectivity index (χ4n) is 1.15. The largest absolute Gasteiger partial charge is 0.396 e. The number of aliphatic hydroxyl groups is 1. The van der Waals surface area contributed by atoms with E-state index in [2.05, 4.69) is 6.58 Å². The van der Waals surface area contributed by atoms with Gasteiger partial charge in [0.05, 0.1) is 0 Å². The molecule has 1 N–H and O–H groups in total. The summed E-state index contributed by atoms with van der Waals surface area (Å²) in [6.45, 7) is 8.22. The van der Waals surface area contributed by atoms with Crippen molar-refractivity contribution >= 4 is 5.91 Å². The van der Waals surface area contributed by atoms with Crippen LogP contribution in [0.5, 0.6) is 0 Å². The maximum absolute atomic E-state index is 11.5. The van der Waals surface area contributed by atoms with E-state index in [4.69, 9.17) is 5.11 Å². The first kappa shape index (κ1) is 12.2. The summed E-state index contributed by atoms with van der Waals surface area (Å²) in [6.07, 6.45) is 2.63. The Morgan fingerprint density at radius 2 is 2.23 bits per heavy atom. The quantitative estimate of drug-likeness (QED) is 0.631. The minimum absolute atomic E-state index is 0.0819. The van der Waals surface area contributed by atoms with Gasteiger partial charge in [0.2, 0.25) is 5.91 Å². The second-order valence-electron chi connectivity index (χ2n) is 3.25. The molecule has 0 aromatic heterocycles. The fourth-order valence-corrected chi connectivity index (χ4v) is 1.15. The van der Waals surface area contributed by atoms with Gasteiger partial charge in [0.25, 0.3) is 0 Å². The van der Waals surface area contributed by atoms with Crippen molar-refractivity contribution in [3.05, 3.63) is 12.7 Å². The monoisotopic (exact) mass is 185 g/mol. The van der Waals surface area contributed by atoms with Crippen molar-refractivity contribution in [1.29, 1.82) is 0 Å². The van der Waals surface area contributed by atoms with Crippen LogP contribution in [0.3, 0.4) is 0 Å². The molecule has 0 aliphatic carbocycles. The van der Waals surface area contributed by atoms with Crippen LogP contribution in [0.4, 0.5) is 0 Å². The van der Waals surface area contributed by atoms with Crippen molar-refractivity contribution in [1.82, 2.24) is 4.90 Å². The summed E-state index contributed by atoms with van der Waals surface area (Å²) < 4.78 is 0. The van der Waals surface area contributed by atoms with Crippen LogP contribution in [0.25, 0.3) is 0 Å². The average molecular weight is 185 g/mol. The summed E-state index contributed by atoms with van der Waals surface area (Å²) >= 11 is 0. The minimum atomic E-state index is 0.0819. The second-order valence-corrected chi connectivity index (χ2v) is 3.25. The first-order chi connectivity index (χ1) is 6.13. The van der Waals surface area contributed by atoms with Crippen LogP contribution in [-0.4, -0.2) is 35.1 Å². The third-order valence-corrected chi connectivity index (χ3v) is 1.82. The highest BCUT2D eigenvalue weighted by Crippen LogP contribution is 2.03. The predicted molar refractivity (Wildman–Crippen MR) is 53.4 cm³/mol. The van der Waals surface area contributed by atoms with Crippen LogP contribution in [-0.2, 0) is 4.79 Å². The Morgan fingerprint density at radius 1 is 1.62 bits per heavy atom. The number of carbonyl (C=O) groups is 1. The first-order valence-corrected chi connectivity index (χ1v) is 4.64. The highest BCUT2D eigenvalue weighted by atomic mass is 16.3. The molecule has 76 valence electrons. The molecule has 0 saturated carbocycles. The molecule has 0 unspecified atom stereocenters. The summed E-state index contributed by atoms with van der Waals surface area (Å²) in [4.78, 5) is 13.2. The van der Waals surface area contributed by atoms with Crippen molar-refractivity contribution in [3.8, 4) is 0 Å². The van der Waals surface area contributed by atoms with E-state index in [9.17, 15) is 4.79 Å². The number of amides is 1. The average Bonchev–Trinajstić information content (AvgIpc) is 2.05. The normalized spacial score (nSPS) is 10.2. The lowest BCUT2D eigenvalue weighted by Crippen LogP contribution is -2.37. The maximum Gasteiger partial charge on any atom is 0.226 e. The maximum atomic E-state index is 11.5. The van der Waals surface area contributed by atoms with E-state index in [-0.39, 0.29) is 18.6 Å². The van der Waals surface area contributed by atoms with Crippen molar-refractivity contribution < 1.29 is 9.90 Å². The molecule has 0 bridgehead atoms. The Hall–Kier alpha value is -0.830. The van der Waals surface area contributed by atoms with E-state index in [1.807, 2.05) is 13.8 Å². The molecular formula is C10H19NO2. The lowest BCUT2D eigenvalue weighted by Gasteiger charge is -2.26. The van der Waals surface area contributed by atoms with Crippen molar-refractivity contribution in [2.24, 2.45) is 0 Å². The summed E-state index contributed by atoms with van der Waals surface area (Å²) in [5.41, 5.74) is 0. The van der Waals surface area contributed by atoms with Gasteiger partial charge < -0.3 is 10.0 Å². The molecule has 0 aliphatic rings. The van der Waals surface area contributed by atoms with Gasteiger partial charge in [0, 0.05) is 25.6 Å². The number of hydrogen-bond donors (Lipinski definition) is 1. The molecule has 0 atom stereocenters.